The second kappa shape index (κ2) is 9.47. The second-order valence-corrected chi connectivity index (χ2v) is 10.3. The SMILES string of the molecule is CC(C)(C)COCCCS(=O)(=O)CC(c1ccccc1)c1cccc(F)c1. The Balaban J connectivity index is 2.06. The number of rotatable bonds is 9. The Morgan fingerprint density at radius 2 is 1.67 bits per heavy atom. The van der Waals surface area contributed by atoms with Gasteiger partial charge in [0.2, 0.25) is 0 Å². The van der Waals surface area contributed by atoms with E-state index in [0.717, 1.165) is 5.56 Å². The summed E-state index contributed by atoms with van der Waals surface area (Å²) in [6.45, 7) is 7.25. The van der Waals surface area contributed by atoms with E-state index in [4.69, 9.17) is 4.74 Å². The van der Waals surface area contributed by atoms with Crippen LogP contribution in [0.4, 0.5) is 4.39 Å². The van der Waals surface area contributed by atoms with Gasteiger partial charge in [-0.05, 0) is 35.1 Å². The number of hydrogen-bond donors (Lipinski definition) is 0. The molecule has 0 N–H and O–H groups in total. The van der Waals surface area contributed by atoms with Gasteiger partial charge in [-0.15, -0.1) is 0 Å². The van der Waals surface area contributed by atoms with E-state index in [1.807, 2.05) is 30.3 Å². The summed E-state index contributed by atoms with van der Waals surface area (Å²) in [5, 5.41) is 0. The fraction of sp³-hybridized carbons (Fsp3) is 0.455. The molecule has 0 bridgehead atoms. The van der Waals surface area contributed by atoms with Gasteiger partial charge in [-0.3, -0.25) is 0 Å². The van der Waals surface area contributed by atoms with Gasteiger partial charge in [0.25, 0.3) is 0 Å². The molecular formula is C22H29FO3S. The van der Waals surface area contributed by atoms with E-state index in [1.54, 1.807) is 12.1 Å². The molecule has 27 heavy (non-hydrogen) atoms. The van der Waals surface area contributed by atoms with Crippen molar-refractivity contribution in [3.05, 3.63) is 71.5 Å². The topological polar surface area (TPSA) is 43.4 Å². The molecule has 148 valence electrons. The summed E-state index contributed by atoms with van der Waals surface area (Å²) >= 11 is 0. The third-order valence-electron chi connectivity index (χ3n) is 4.15. The molecular weight excluding hydrogens is 363 g/mol. The van der Waals surface area contributed by atoms with Crippen LogP contribution in [0.25, 0.3) is 0 Å². The lowest BCUT2D eigenvalue weighted by Gasteiger charge is -2.19. The third-order valence-corrected chi connectivity index (χ3v) is 5.90. The van der Waals surface area contributed by atoms with Gasteiger partial charge < -0.3 is 4.74 Å². The highest BCUT2D eigenvalue weighted by Gasteiger charge is 2.23. The van der Waals surface area contributed by atoms with Crippen LogP contribution in [-0.4, -0.2) is 33.1 Å². The van der Waals surface area contributed by atoms with E-state index in [1.165, 1.54) is 12.1 Å². The molecule has 2 aromatic rings. The zero-order valence-electron chi connectivity index (χ0n) is 16.3. The Hall–Kier alpha value is -1.72. The molecule has 1 unspecified atom stereocenters. The lowest BCUT2D eigenvalue weighted by atomic mass is 9.93. The molecule has 0 radical (unpaired) electrons. The van der Waals surface area contributed by atoms with Crippen LogP contribution in [0.1, 0.15) is 44.2 Å². The molecule has 3 nitrogen and oxygen atoms in total. The molecule has 0 amide bonds. The molecule has 0 heterocycles. The maximum atomic E-state index is 13.7. The van der Waals surface area contributed by atoms with Crippen molar-refractivity contribution in [3.8, 4) is 0 Å². The summed E-state index contributed by atoms with van der Waals surface area (Å²) in [5.74, 6) is -0.723. The van der Waals surface area contributed by atoms with Gasteiger partial charge in [-0.25, -0.2) is 12.8 Å². The first-order chi connectivity index (χ1) is 12.7. The molecule has 0 aromatic heterocycles. The maximum Gasteiger partial charge on any atom is 0.151 e. The molecule has 0 spiro atoms. The fourth-order valence-corrected chi connectivity index (χ4v) is 4.51. The number of hydrogen-bond acceptors (Lipinski definition) is 3. The van der Waals surface area contributed by atoms with E-state index in [-0.39, 0.29) is 28.7 Å². The summed E-state index contributed by atoms with van der Waals surface area (Å²) in [5.41, 5.74) is 1.61. The van der Waals surface area contributed by atoms with Crippen LogP contribution in [-0.2, 0) is 14.6 Å². The van der Waals surface area contributed by atoms with Crippen molar-refractivity contribution in [2.24, 2.45) is 5.41 Å². The van der Waals surface area contributed by atoms with Crippen molar-refractivity contribution in [3.63, 3.8) is 0 Å². The first-order valence-corrected chi connectivity index (χ1v) is 11.1. The van der Waals surface area contributed by atoms with Crippen LogP contribution in [0, 0.1) is 11.2 Å². The molecule has 0 aliphatic rings. The predicted molar refractivity (Wildman–Crippen MR) is 108 cm³/mol. The molecule has 0 aliphatic heterocycles. The summed E-state index contributed by atoms with van der Waals surface area (Å²) in [6, 6.07) is 15.6. The largest absolute Gasteiger partial charge is 0.381 e. The molecule has 0 fully saturated rings. The number of benzene rings is 2. The van der Waals surface area contributed by atoms with Gasteiger partial charge in [0.1, 0.15) is 5.82 Å². The quantitative estimate of drug-likeness (QED) is 0.574. The molecule has 5 heteroatoms. The molecule has 0 aliphatic carbocycles. The average Bonchev–Trinajstić information content (AvgIpc) is 2.59. The number of ether oxygens (including phenoxy) is 1. The van der Waals surface area contributed by atoms with E-state index < -0.39 is 9.84 Å². The van der Waals surface area contributed by atoms with Crippen LogP contribution in [0.15, 0.2) is 54.6 Å². The van der Waals surface area contributed by atoms with Crippen molar-refractivity contribution in [2.75, 3.05) is 24.7 Å². The van der Waals surface area contributed by atoms with Gasteiger partial charge in [0.05, 0.1) is 18.1 Å². The lowest BCUT2D eigenvalue weighted by Crippen LogP contribution is -2.21. The molecule has 2 aromatic carbocycles. The Morgan fingerprint density at radius 3 is 2.30 bits per heavy atom. The van der Waals surface area contributed by atoms with Crippen molar-refractivity contribution in [2.45, 2.75) is 33.1 Å². The molecule has 2 rings (SSSR count). The van der Waals surface area contributed by atoms with Crippen molar-refractivity contribution in [1.29, 1.82) is 0 Å². The lowest BCUT2D eigenvalue weighted by molar-refractivity contribution is 0.0720. The summed E-state index contributed by atoms with van der Waals surface area (Å²) in [4.78, 5) is 0. The van der Waals surface area contributed by atoms with Gasteiger partial charge in [-0.1, -0.05) is 63.2 Å². The standard InChI is InChI=1S/C22H29FO3S/c1-22(2,3)17-26-13-8-14-27(24,25)16-21(18-9-5-4-6-10-18)19-11-7-12-20(23)15-19/h4-7,9-12,15,21H,8,13-14,16-17H2,1-3H3. The highest BCUT2D eigenvalue weighted by atomic mass is 32.2. The fourth-order valence-electron chi connectivity index (χ4n) is 2.89. The smallest absolute Gasteiger partial charge is 0.151 e. The molecule has 1 atom stereocenters. The van der Waals surface area contributed by atoms with Crippen LogP contribution in [0.5, 0.6) is 0 Å². The minimum Gasteiger partial charge on any atom is -0.381 e. The van der Waals surface area contributed by atoms with Gasteiger partial charge in [-0.2, -0.15) is 0 Å². The average molecular weight is 393 g/mol. The van der Waals surface area contributed by atoms with Crippen molar-refractivity contribution < 1.29 is 17.5 Å². The van der Waals surface area contributed by atoms with Crippen LogP contribution < -0.4 is 0 Å². The second-order valence-electron chi connectivity index (χ2n) is 8.10. The summed E-state index contributed by atoms with van der Waals surface area (Å²) < 4.78 is 44.6. The normalized spacial score (nSPS) is 13.5. The summed E-state index contributed by atoms with van der Waals surface area (Å²) in [7, 11) is -3.31. The van der Waals surface area contributed by atoms with E-state index in [2.05, 4.69) is 20.8 Å². The Morgan fingerprint density at radius 1 is 1.00 bits per heavy atom. The number of sulfone groups is 1. The predicted octanol–water partition coefficient (Wildman–Crippen LogP) is 4.83. The van der Waals surface area contributed by atoms with Crippen molar-refractivity contribution >= 4 is 9.84 Å². The number of halogens is 1. The van der Waals surface area contributed by atoms with Crippen LogP contribution in [0.2, 0.25) is 0 Å². The highest BCUT2D eigenvalue weighted by Crippen LogP contribution is 2.27. The Labute approximate surface area is 162 Å². The first-order valence-electron chi connectivity index (χ1n) is 9.25. The Kier molecular flexibility index (Phi) is 7.57. The van der Waals surface area contributed by atoms with Crippen LogP contribution in [0.3, 0.4) is 0 Å². The minimum atomic E-state index is -3.31. The van der Waals surface area contributed by atoms with Gasteiger partial charge in [0.15, 0.2) is 9.84 Å². The minimum absolute atomic E-state index is 0.0419. The highest BCUT2D eigenvalue weighted by molar-refractivity contribution is 7.91. The van der Waals surface area contributed by atoms with E-state index >= 15 is 0 Å². The monoisotopic (exact) mass is 392 g/mol. The molecule has 0 saturated heterocycles. The van der Waals surface area contributed by atoms with E-state index in [9.17, 15) is 12.8 Å². The van der Waals surface area contributed by atoms with Gasteiger partial charge in [0, 0.05) is 12.5 Å². The zero-order valence-corrected chi connectivity index (χ0v) is 17.1. The van der Waals surface area contributed by atoms with Crippen LogP contribution >= 0.6 is 0 Å². The summed E-state index contributed by atoms with van der Waals surface area (Å²) in [6.07, 6.45) is 0.461. The van der Waals surface area contributed by atoms with Crippen molar-refractivity contribution in [1.82, 2.24) is 0 Å². The zero-order chi connectivity index (χ0) is 19.9. The maximum absolute atomic E-state index is 13.7. The Bertz CT molecular complexity index is 811. The van der Waals surface area contributed by atoms with E-state index in [0.29, 0.717) is 25.2 Å². The molecule has 0 saturated carbocycles. The first kappa shape index (κ1) is 21.6. The van der Waals surface area contributed by atoms with Gasteiger partial charge >= 0.3 is 0 Å². The third kappa shape index (κ3) is 7.81.